The second-order valence-corrected chi connectivity index (χ2v) is 6.00. The summed E-state index contributed by atoms with van der Waals surface area (Å²) in [5.74, 6) is 2.24. The Morgan fingerprint density at radius 2 is 1.08 bits per heavy atom. The van der Waals surface area contributed by atoms with Crippen LogP contribution in [0.2, 0.25) is 0 Å². The van der Waals surface area contributed by atoms with Gasteiger partial charge in [-0.15, -0.1) is 10.2 Å². The Hall–Kier alpha value is -3.54. The van der Waals surface area contributed by atoms with Gasteiger partial charge in [-0.3, -0.25) is 0 Å². The summed E-state index contributed by atoms with van der Waals surface area (Å²) >= 11 is 0. The third kappa shape index (κ3) is 3.30. The number of aryl methyl sites for hydroxylation is 2. The van der Waals surface area contributed by atoms with E-state index in [2.05, 4.69) is 30.2 Å². The number of rotatable bonds is 2. The Morgan fingerprint density at radius 3 is 1.46 bits per heavy atom. The van der Waals surface area contributed by atoms with Gasteiger partial charge in [0.15, 0.2) is 23.3 Å². The monoisotopic (exact) mass is 340 g/mol. The molecule has 0 unspecified atom stereocenters. The van der Waals surface area contributed by atoms with Crippen molar-refractivity contribution in [3.8, 4) is 0 Å². The molecule has 6 heteroatoms. The third-order valence-corrected chi connectivity index (χ3v) is 3.88. The molecule has 0 fully saturated rings. The van der Waals surface area contributed by atoms with Crippen LogP contribution >= 0.6 is 0 Å². The van der Waals surface area contributed by atoms with E-state index in [0.717, 1.165) is 22.3 Å². The maximum absolute atomic E-state index is 4.53. The smallest absolute Gasteiger partial charge is 0.184 e. The summed E-state index contributed by atoms with van der Waals surface area (Å²) < 4.78 is 0. The van der Waals surface area contributed by atoms with Gasteiger partial charge in [-0.1, -0.05) is 36.4 Å². The van der Waals surface area contributed by atoms with E-state index in [1.54, 1.807) is 12.4 Å². The van der Waals surface area contributed by atoms with Crippen LogP contribution in [-0.4, -0.2) is 21.6 Å². The van der Waals surface area contributed by atoms with E-state index in [9.17, 15) is 0 Å². The summed E-state index contributed by atoms with van der Waals surface area (Å²) in [6.07, 6.45) is 3.56. The average molecular weight is 340 g/mol. The van der Waals surface area contributed by atoms with Crippen LogP contribution in [0, 0.1) is 13.8 Å². The van der Waals surface area contributed by atoms with Gasteiger partial charge in [-0.25, -0.2) is 20.0 Å². The molecule has 0 radical (unpaired) electrons. The van der Waals surface area contributed by atoms with Gasteiger partial charge in [0.05, 0.1) is 0 Å². The molecule has 1 aliphatic rings. The maximum atomic E-state index is 4.53. The van der Waals surface area contributed by atoms with Gasteiger partial charge < -0.3 is 0 Å². The van der Waals surface area contributed by atoms with Crippen molar-refractivity contribution in [3.63, 3.8) is 0 Å². The van der Waals surface area contributed by atoms with E-state index in [4.69, 9.17) is 0 Å². The van der Waals surface area contributed by atoms with Crippen LogP contribution in [0.1, 0.15) is 22.3 Å². The summed E-state index contributed by atoms with van der Waals surface area (Å²) in [4.78, 5) is 17.7. The number of aliphatic imine (C=N–C) groups is 2. The van der Waals surface area contributed by atoms with E-state index in [0.29, 0.717) is 23.3 Å². The van der Waals surface area contributed by atoms with Crippen molar-refractivity contribution in [2.24, 2.45) is 20.2 Å². The molecule has 126 valence electrons. The zero-order valence-corrected chi connectivity index (χ0v) is 14.5. The first kappa shape index (κ1) is 16.0. The zero-order valence-electron chi connectivity index (χ0n) is 14.5. The molecule has 4 rings (SSSR count). The first-order valence-corrected chi connectivity index (χ1v) is 8.23. The average Bonchev–Trinajstić information content (AvgIpc) is 2.67. The second kappa shape index (κ2) is 6.76. The highest BCUT2D eigenvalue weighted by atomic mass is 15.2. The van der Waals surface area contributed by atoms with Crippen molar-refractivity contribution in [1.82, 2.24) is 9.97 Å². The first-order chi connectivity index (χ1) is 12.7. The lowest BCUT2D eigenvalue weighted by atomic mass is 10.0. The van der Waals surface area contributed by atoms with Crippen LogP contribution in [0.4, 0.5) is 11.6 Å². The molecule has 2 aromatic heterocycles. The Morgan fingerprint density at radius 1 is 0.615 bits per heavy atom. The molecule has 0 atom stereocenters. The number of hydrogen-bond donors (Lipinski definition) is 0. The van der Waals surface area contributed by atoms with Crippen LogP contribution in [-0.2, 0) is 0 Å². The summed E-state index contributed by atoms with van der Waals surface area (Å²) in [7, 11) is 0. The number of nitrogens with zero attached hydrogens (tertiary/aromatic N) is 6. The highest BCUT2D eigenvalue weighted by molar-refractivity contribution is 6.15. The highest BCUT2D eigenvalue weighted by Crippen LogP contribution is 2.23. The molecule has 0 saturated carbocycles. The molecule has 1 aliphatic heterocycles. The van der Waals surface area contributed by atoms with Crippen molar-refractivity contribution >= 4 is 23.3 Å². The van der Waals surface area contributed by atoms with Crippen molar-refractivity contribution in [2.75, 3.05) is 0 Å². The van der Waals surface area contributed by atoms with Crippen LogP contribution < -0.4 is 0 Å². The molecule has 26 heavy (non-hydrogen) atoms. The minimum absolute atomic E-state index is 0.521. The Labute approximate surface area is 151 Å². The number of pyridine rings is 2. The van der Waals surface area contributed by atoms with Gasteiger partial charge in [0.1, 0.15) is 0 Å². The van der Waals surface area contributed by atoms with E-state index in [-0.39, 0.29) is 0 Å². The topological polar surface area (TPSA) is 75.2 Å². The fourth-order valence-electron chi connectivity index (χ4n) is 2.51. The Balaban J connectivity index is 1.76. The van der Waals surface area contributed by atoms with Gasteiger partial charge >= 0.3 is 0 Å². The molecule has 0 bridgehead atoms. The second-order valence-electron chi connectivity index (χ2n) is 6.00. The van der Waals surface area contributed by atoms with Crippen LogP contribution in [0.25, 0.3) is 0 Å². The molecule has 3 aromatic rings. The quantitative estimate of drug-likeness (QED) is 0.677. The van der Waals surface area contributed by atoms with Gasteiger partial charge in [0.2, 0.25) is 0 Å². The molecule has 0 aliphatic carbocycles. The molecular formula is C20H16N6. The Kier molecular flexibility index (Phi) is 4.15. The lowest BCUT2D eigenvalue weighted by Crippen LogP contribution is -2.12. The molecular weight excluding hydrogens is 324 g/mol. The van der Waals surface area contributed by atoms with Crippen LogP contribution in [0.15, 0.2) is 81.1 Å². The number of fused-ring (bicyclic) bond motifs is 1. The minimum atomic E-state index is 0.521. The molecule has 0 N–H and O–H groups in total. The van der Waals surface area contributed by atoms with Crippen molar-refractivity contribution in [3.05, 3.63) is 83.2 Å². The van der Waals surface area contributed by atoms with E-state index < -0.39 is 0 Å². The van der Waals surface area contributed by atoms with E-state index >= 15 is 0 Å². The van der Waals surface area contributed by atoms with Gasteiger partial charge in [-0.05, 0) is 37.1 Å². The number of azo groups is 1. The summed E-state index contributed by atoms with van der Waals surface area (Å²) in [6.45, 7) is 3.97. The zero-order chi connectivity index (χ0) is 17.9. The fourth-order valence-corrected chi connectivity index (χ4v) is 2.51. The predicted octanol–water partition coefficient (Wildman–Crippen LogP) is 4.72. The Bertz CT molecular complexity index is 946. The van der Waals surface area contributed by atoms with Crippen molar-refractivity contribution < 1.29 is 0 Å². The maximum Gasteiger partial charge on any atom is 0.184 e. The number of aromatic nitrogens is 2. The van der Waals surface area contributed by atoms with Gasteiger partial charge in [-0.2, -0.15) is 0 Å². The molecule has 3 heterocycles. The minimum Gasteiger partial charge on any atom is -0.237 e. The summed E-state index contributed by atoms with van der Waals surface area (Å²) in [5.41, 5.74) is 3.91. The molecule has 6 nitrogen and oxygen atoms in total. The lowest BCUT2D eigenvalue weighted by Gasteiger charge is -2.12. The summed E-state index contributed by atoms with van der Waals surface area (Å²) in [5, 5.41) is 8.52. The highest BCUT2D eigenvalue weighted by Gasteiger charge is 2.19. The lowest BCUT2D eigenvalue weighted by molar-refractivity contribution is 1.18. The van der Waals surface area contributed by atoms with E-state index in [1.807, 2.05) is 62.4 Å². The van der Waals surface area contributed by atoms with Gasteiger partial charge in [0, 0.05) is 23.5 Å². The molecule has 0 spiro atoms. The molecule has 0 amide bonds. The standard InChI is InChI=1S/C20H16N6/c1-13-7-9-17(21-11-13)23-19-15-5-3-4-6-16(15)20(26-25-19)24-18-10-8-14(2)12-22-18/h3-12H,1-2H3. The largest absolute Gasteiger partial charge is 0.237 e. The first-order valence-electron chi connectivity index (χ1n) is 8.23. The van der Waals surface area contributed by atoms with Crippen molar-refractivity contribution in [2.45, 2.75) is 13.8 Å². The normalized spacial score (nSPS) is 16.1. The molecule has 1 aromatic carbocycles. The number of amidine groups is 2. The SMILES string of the molecule is Cc1ccc(N=C2N=NC(=Nc3ccc(C)cn3)c3ccccc32)nc1. The summed E-state index contributed by atoms with van der Waals surface area (Å²) in [6, 6.07) is 15.5. The van der Waals surface area contributed by atoms with E-state index in [1.165, 1.54) is 0 Å². The molecule has 0 saturated heterocycles. The van der Waals surface area contributed by atoms with Gasteiger partial charge in [0.25, 0.3) is 0 Å². The number of benzene rings is 1. The fraction of sp³-hybridized carbons (Fsp3) is 0.100. The van der Waals surface area contributed by atoms with Crippen molar-refractivity contribution in [1.29, 1.82) is 0 Å². The van der Waals surface area contributed by atoms with Crippen LogP contribution in [0.3, 0.4) is 0 Å². The third-order valence-electron chi connectivity index (χ3n) is 3.88. The predicted molar refractivity (Wildman–Crippen MR) is 102 cm³/mol. The number of hydrogen-bond acceptors (Lipinski definition) is 4. The van der Waals surface area contributed by atoms with Crippen LogP contribution in [0.5, 0.6) is 0 Å².